The van der Waals surface area contributed by atoms with Gasteiger partial charge in [0, 0.05) is 0 Å². The first-order chi connectivity index (χ1) is 9.78. The van der Waals surface area contributed by atoms with E-state index in [4.69, 9.17) is 11.6 Å². The monoisotopic (exact) mass is 312 g/mol. The Bertz CT molecular complexity index is 534. The molecule has 1 atom stereocenters. The van der Waals surface area contributed by atoms with Crippen LogP contribution in [0.2, 0.25) is 5.02 Å². The quantitative estimate of drug-likeness (QED) is 0.723. The zero-order chi connectivity index (χ0) is 16.0. The van der Waals surface area contributed by atoms with Gasteiger partial charge in [-0.15, -0.1) is 0 Å². The molecule has 1 unspecified atom stereocenters. The van der Waals surface area contributed by atoms with Crippen molar-refractivity contribution in [2.75, 3.05) is 11.9 Å². The molecule has 6 heteroatoms. The van der Waals surface area contributed by atoms with E-state index in [0.29, 0.717) is 23.6 Å². The van der Waals surface area contributed by atoms with Gasteiger partial charge in [-0.1, -0.05) is 31.0 Å². The van der Waals surface area contributed by atoms with Gasteiger partial charge in [-0.25, -0.2) is 0 Å². The number of carboxylic acid groups (broad SMARTS) is 1. The zero-order valence-corrected chi connectivity index (χ0v) is 13.3. The molecule has 1 aromatic rings. The first kappa shape index (κ1) is 17.5. The van der Waals surface area contributed by atoms with Gasteiger partial charge in [0.15, 0.2) is 0 Å². The number of nitrogens with one attached hydrogen (secondary N) is 2. The summed E-state index contributed by atoms with van der Waals surface area (Å²) in [5.41, 5.74) is 0.405. The minimum atomic E-state index is -1.11. The molecule has 116 valence electrons. The zero-order valence-electron chi connectivity index (χ0n) is 12.5. The summed E-state index contributed by atoms with van der Waals surface area (Å²) in [6, 6.07) is 5.31. The predicted octanol–water partition coefficient (Wildman–Crippen LogP) is 2.82. The van der Waals surface area contributed by atoms with Gasteiger partial charge in [0.2, 0.25) is 5.91 Å². The summed E-state index contributed by atoms with van der Waals surface area (Å²) in [6.45, 7) is 5.29. The molecule has 0 saturated heterocycles. The fourth-order valence-corrected chi connectivity index (χ4v) is 2.24. The molecule has 21 heavy (non-hydrogen) atoms. The number of benzene rings is 1. The number of hydrogen-bond acceptors (Lipinski definition) is 3. The second kappa shape index (κ2) is 7.43. The molecule has 3 N–H and O–H groups in total. The molecule has 0 aliphatic heterocycles. The second-order valence-electron chi connectivity index (χ2n) is 5.27. The van der Waals surface area contributed by atoms with Crippen LogP contribution < -0.4 is 10.6 Å². The van der Waals surface area contributed by atoms with Crippen molar-refractivity contribution in [1.82, 2.24) is 5.32 Å². The maximum absolute atomic E-state index is 11.9. The maximum atomic E-state index is 11.9. The number of carboxylic acids is 1. The number of hydrogen-bond donors (Lipinski definition) is 3. The lowest BCUT2D eigenvalue weighted by atomic mass is 9.96. The molecule has 0 bridgehead atoms. The fourth-order valence-electron chi connectivity index (χ4n) is 1.96. The lowest BCUT2D eigenvalue weighted by Gasteiger charge is -2.25. The molecule has 0 radical (unpaired) electrons. The van der Waals surface area contributed by atoms with Gasteiger partial charge in [0.05, 0.1) is 17.3 Å². The number of anilines is 1. The second-order valence-corrected chi connectivity index (χ2v) is 5.68. The van der Waals surface area contributed by atoms with E-state index in [9.17, 15) is 14.7 Å². The summed E-state index contributed by atoms with van der Waals surface area (Å²) in [6.07, 6.45) is 1.15. The predicted molar refractivity (Wildman–Crippen MR) is 83.8 cm³/mol. The highest BCUT2D eigenvalue weighted by Crippen LogP contribution is 2.22. The van der Waals surface area contributed by atoms with Crippen molar-refractivity contribution in [3.05, 3.63) is 28.8 Å². The highest BCUT2D eigenvalue weighted by Gasteiger charge is 2.31. The van der Waals surface area contributed by atoms with Crippen LogP contribution >= 0.6 is 11.6 Å². The molecule has 0 aliphatic carbocycles. The lowest BCUT2D eigenvalue weighted by molar-refractivity contribution is -0.144. The highest BCUT2D eigenvalue weighted by molar-refractivity contribution is 6.33. The van der Waals surface area contributed by atoms with E-state index in [1.54, 1.807) is 19.1 Å². The summed E-state index contributed by atoms with van der Waals surface area (Å²) in [5.74, 6) is -1.30. The topological polar surface area (TPSA) is 78.4 Å². The molecule has 1 aromatic carbocycles. The van der Waals surface area contributed by atoms with Crippen molar-refractivity contribution in [3.8, 4) is 0 Å². The fraction of sp³-hybridized carbons (Fsp3) is 0.467. The van der Waals surface area contributed by atoms with Crippen LogP contribution in [-0.2, 0) is 9.59 Å². The summed E-state index contributed by atoms with van der Waals surface area (Å²) >= 11 is 6.03. The van der Waals surface area contributed by atoms with E-state index in [-0.39, 0.29) is 12.5 Å². The Morgan fingerprint density at radius 2 is 2.05 bits per heavy atom. The van der Waals surface area contributed by atoms with Crippen LogP contribution in [0, 0.1) is 6.92 Å². The number of carbonyl (C=O) groups excluding carboxylic acids is 1. The van der Waals surface area contributed by atoms with Crippen molar-refractivity contribution in [3.63, 3.8) is 0 Å². The van der Waals surface area contributed by atoms with Gasteiger partial charge in [0.1, 0.15) is 5.54 Å². The molecule has 0 saturated carbocycles. The molecular weight excluding hydrogens is 292 g/mol. The van der Waals surface area contributed by atoms with Gasteiger partial charge >= 0.3 is 5.97 Å². The normalized spacial score (nSPS) is 13.5. The van der Waals surface area contributed by atoms with Crippen molar-refractivity contribution in [2.24, 2.45) is 0 Å². The first-order valence-electron chi connectivity index (χ1n) is 6.83. The van der Waals surface area contributed by atoms with E-state index in [1.807, 2.05) is 19.9 Å². The Labute approximate surface area is 129 Å². The van der Waals surface area contributed by atoms with E-state index in [1.165, 1.54) is 0 Å². The number of carbonyl (C=O) groups is 2. The molecule has 5 nitrogen and oxygen atoms in total. The number of aryl methyl sites for hydroxylation is 1. The minimum Gasteiger partial charge on any atom is -0.480 e. The average Bonchev–Trinajstić information content (AvgIpc) is 2.40. The number of aliphatic carboxylic acids is 1. The van der Waals surface area contributed by atoms with Gasteiger partial charge in [-0.3, -0.25) is 14.9 Å². The average molecular weight is 313 g/mol. The minimum absolute atomic E-state index is 0.0903. The SMILES string of the molecule is CCCC(C)(NCC(=O)Nc1ccc(C)cc1Cl)C(=O)O. The summed E-state index contributed by atoms with van der Waals surface area (Å²) in [4.78, 5) is 23.2. The highest BCUT2D eigenvalue weighted by atomic mass is 35.5. The van der Waals surface area contributed by atoms with Crippen LogP contribution in [0.3, 0.4) is 0 Å². The molecule has 0 fully saturated rings. The smallest absolute Gasteiger partial charge is 0.323 e. The summed E-state index contributed by atoms with van der Waals surface area (Å²) in [7, 11) is 0. The number of halogens is 1. The Morgan fingerprint density at radius 3 is 2.57 bits per heavy atom. The molecule has 0 spiro atoms. The van der Waals surface area contributed by atoms with E-state index in [0.717, 1.165) is 5.56 Å². The standard InChI is InChI=1S/C15H21ClN2O3/c1-4-7-15(3,14(20)21)17-9-13(19)18-12-6-5-10(2)8-11(12)16/h5-6,8,17H,4,7,9H2,1-3H3,(H,18,19)(H,20,21). The maximum Gasteiger partial charge on any atom is 0.323 e. The Morgan fingerprint density at radius 1 is 1.38 bits per heavy atom. The molecule has 0 aliphatic rings. The summed E-state index contributed by atoms with van der Waals surface area (Å²) < 4.78 is 0. The molecule has 1 rings (SSSR count). The van der Waals surface area contributed by atoms with Crippen LogP contribution in [0.15, 0.2) is 18.2 Å². The van der Waals surface area contributed by atoms with Crippen molar-refractivity contribution < 1.29 is 14.7 Å². The largest absolute Gasteiger partial charge is 0.480 e. The summed E-state index contributed by atoms with van der Waals surface area (Å²) in [5, 5.41) is 15.1. The van der Waals surface area contributed by atoms with Crippen LogP contribution in [0.4, 0.5) is 5.69 Å². The van der Waals surface area contributed by atoms with Crippen LogP contribution in [-0.4, -0.2) is 29.1 Å². The third-order valence-electron chi connectivity index (χ3n) is 3.26. The van der Waals surface area contributed by atoms with Crippen LogP contribution in [0.25, 0.3) is 0 Å². The Balaban J connectivity index is 2.63. The Kier molecular flexibility index (Phi) is 6.18. The third kappa shape index (κ3) is 5.02. The molecular formula is C15H21ClN2O3. The van der Waals surface area contributed by atoms with Crippen molar-refractivity contribution in [1.29, 1.82) is 0 Å². The van der Waals surface area contributed by atoms with E-state index >= 15 is 0 Å². The van der Waals surface area contributed by atoms with Gasteiger partial charge in [0.25, 0.3) is 0 Å². The molecule has 0 heterocycles. The molecule has 0 aromatic heterocycles. The van der Waals surface area contributed by atoms with Gasteiger partial charge in [-0.05, 0) is 38.0 Å². The Hall–Kier alpha value is -1.59. The van der Waals surface area contributed by atoms with Crippen LogP contribution in [0.5, 0.6) is 0 Å². The van der Waals surface area contributed by atoms with E-state index < -0.39 is 11.5 Å². The lowest BCUT2D eigenvalue weighted by Crippen LogP contribution is -2.51. The number of amides is 1. The van der Waals surface area contributed by atoms with Crippen molar-refractivity contribution >= 4 is 29.2 Å². The first-order valence-corrected chi connectivity index (χ1v) is 7.20. The number of rotatable bonds is 7. The van der Waals surface area contributed by atoms with E-state index in [2.05, 4.69) is 10.6 Å². The van der Waals surface area contributed by atoms with Gasteiger partial charge < -0.3 is 10.4 Å². The van der Waals surface area contributed by atoms with Crippen molar-refractivity contribution in [2.45, 2.75) is 39.2 Å². The third-order valence-corrected chi connectivity index (χ3v) is 3.57. The molecule has 1 amide bonds. The van der Waals surface area contributed by atoms with Gasteiger partial charge in [-0.2, -0.15) is 0 Å². The van der Waals surface area contributed by atoms with Crippen LogP contribution in [0.1, 0.15) is 32.3 Å².